The molecule has 0 saturated carbocycles. The summed E-state index contributed by atoms with van der Waals surface area (Å²) >= 11 is 5.47. The highest BCUT2D eigenvalue weighted by Gasteiger charge is 2.14. The number of carboxylic acid groups (broad SMARTS) is 1. The highest BCUT2D eigenvalue weighted by atomic mass is 127. The number of ether oxygens (including phenoxy) is 1. The summed E-state index contributed by atoms with van der Waals surface area (Å²) in [4.78, 5) is 28.6. The summed E-state index contributed by atoms with van der Waals surface area (Å²) < 4.78 is 8.31. The molecule has 156 valence electrons. The van der Waals surface area contributed by atoms with E-state index in [0.29, 0.717) is 28.9 Å². The molecule has 0 amide bonds. The van der Waals surface area contributed by atoms with Gasteiger partial charge in [0, 0.05) is 10.9 Å². The average molecular weight is 584 g/mol. The molecule has 1 atom stereocenters. The van der Waals surface area contributed by atoms with Crippen LogP contribution < -0.4 is 10.3 Å². The van der Waals surface area contributed by atoms with Crippen LogP contribution in [0.15, 0.2) is 50.8 Å². The van der Waals surface area contributed by atoms with Gasteiger partial charge < -0.3 is 9.84 Å². The van der Waals surface area contributed by atoms with E-state index in [1.807, 2.05) is 25.1 Å². The van der Waals surface area contributed by atoms with Gasteiger partial charge in [-0.15, -0.1) is 0 Å². The number of halogens is 2. The fourth-order valence-electron chi connectivity index (χ4n) is 2.76. The summed E-state index contributed by atoms with van der Waals surface area (Å²) in [7, 11) is 0. The van der Waals surface area contributed by atoms with Crippen molar-refractivity contribution < 1.29 is 14.6 Å². The molecule has 2 aromatic carbocycles. The van der Waals surface area contributed by atoms with Gasteiger partial charge in [-0.2, -0.15) is 9.78 Å². The van der Waals surface area contributed by atoms with E-state index < -0.39 is 12.1 Å². The third-order valence-corrected chi connectivity index (χ3v) is 5.61. The minimum atomic E-state index is -1.03. The first-order valence-corrected chi connectivity index (χ1v) is 11.1. The van der Waals surface area contributed by atoms with E-state index in [4.69, 9.17) is 9.84 Å². The maximum atomic E-state index is 13.0. The minimum Gasteiger partial charge on any atom is -0.479 e. The second-order valence-electron chi connectivity index (χ2n) is 6.59. The van der Waals surface area contributed by atoms with Crippen molar-refractivity contribution in [1.82, 2.24) is 9.66 Å². The average Bonchev–Trinajstić information content (AvgIpc) is 2.70. The van der Waals surface area contributed by atoms with Gasteiger partial charge in [0.15, 0.2) is 6.10 Å². The third-order valence-electron chi connectivity index (χ3n) is 4.28. The fourth-order valence-corrected chi connectivity index (χ4v) is 3.79. The van der Waals surface area contributed by atoms with Gasteiger partial charge in [-0.05, 0) is 77.9 Å². The van der Waals surface area contributed by atoms with Gasteiger partial charge in [0.2, 0.25) is 0 Å². The zero-order valence-corrected chi connectivity index (χ0v) is 20.0. The van der Waals surface area contributed by atoms with Gasteiger partial charge in [-0.1, -0.05) is 22.9 Å². The van der Waals surface area contributed by atoms with Crippen LogP contribution in [0.3, 0.4) is 0 Å². The van der Waals surface area contributed by atoms with Crippen LogP contribution in [0.2, 0.25) is 0 Å². The normalized spacial score (nSPS) is 12.4. The molecule has 0 aliphatic rings. The second kappa shape index (κ2) is 9.69. The van der Waals surface area contributed by atoms with E-state index >= 15 is 0 Å². The first-order valence-electron chi connectivity index (χ1n) is 9.24. The van der Waals surface area contributed by atoms with Gasteiger partial charge in [0.1, 0.15) is 11.6 Å². The van der Waals surface area contributed by atoms with Crippen molar-refractivity contribution in [2.75, 3.05) is 0 Å². The lowest BCUT2D eigenvalue weighted by atomic mass is 10.2. The number of aromatic nitrogens is 2. The van der Waals surface area contributed by atoms with Crippen molar-refractivity contribution in [3.8, 4) is 5.75 Å². The van der Waals surface area contributed by atoms with Gasteiger partial charge >= 0.3 is 5.97 Å². The molecule has 0 aliphatic carbocycles. The molecule has 0 bridgehead atoms. The monoisotopic (exact) mass is 583 g/mol. The zero-order valence-electron chi connectivity index (χ0n) is 16.3. The lowest BCUT2D eigenvalue weighted by molar-refractivity contribution is -0.144. The van der Waals surface area contributed by atoms with Gasteiger partial charge in [0.05, 0.1) is 20.7 Å². The number of carboxylic acids is 1. The Hall–Kier alpha value is -2.27. The quantitative estimate of drug-likeness (QED) is 0.328. The fraction of sp³-hybridized carbons (Fsp3) is 0.238. The van der Waals surface area contributed by atoms with Crippen LogP contribution in [0.5, 0.6) is 5.75 Å². The van der Waals surface area contributed by atoms with Gasteiger partial charge in [-0.3, -0.25) is 4.79 Å². The summed E-state index contributed by atoms with van der Waals surface area (Å²) in [6.45, 7) is 3.49. The Kier molecular flexibility index (Phi) is 7.24. The lowest BCUT2D eigenvalue weighted by Gasteiger charge is -2.12. The number of carbonyl (C=O) groups is 1. The summed E-state index contributed by atoms with van der Waals surface area (Å²) in [6.07, 6.45) is 2.08. The smallest absolute Gasteiger partial charge is 0.344 e. The second-order valence-corrected chi connectivity index (χ2v) is 8.67. The molecule has 0 unspecified atom stereocenters. The molecule has 9 heteroatoms. The molecule has 1 aromatic heterocycles. The van der Waals surface area contributed by atoms with E-state index in [-0.39, 0.29) is 5.56 Å². The molecule has 3 aromatic rings. The van der Waals surface area contributed by atoms with Crippen molar-refractivity contribution in [1.29, 1.82) is 0 Å². The Morgan fingerprint density at radius 1 is 1.37 bits per heavy atom. The summed E-state index contributed by atoms with van der Waals surface area (Å²) in [5.41, 5.74) is 1.16. The number of aryl methyl sites for hydroxylation is 1. The zero-order chi connectivity index (χ0) is 21.8. The third kappa shape index (κ3) is 5.07. The Morgan fingerprint density at radius 3 is 2.80 bits per heavy atom. The molecular formula is C21H19BrIN3O4. The SMILES string of the molecule is CCCc1nc2ccc(Br)cc2c(=O)n1N=Cc1ccc(O[C@H](C)C(=O)O)c(I)c1. The van der Waals surface area contributed by atoms with Crippen LogP contribution >= 0.6 is 38.5 Å². The van der Waals surface area contributed by atoms with Crippen LogP contribution in [0.25, 0.3) is 10.9 Å². The van der Waals surface area contributed by atoms with E-state index in [9.17, 15) is 9.59 Å². The standard InChI is InChI=1S/C21H19BrIN3O4/c1-3-4-19-25-17-7-6-14(22)10-15(17)20(27)26(19)24-11-13-5-8-18(16(23)9-13)30-12(2)21(28)29/h5-12H,3-4H2,1-2H3,(H,28,29)/t12-/m1/s1. The molecule has 3 rings (SSSR count). The molecule has 0 fully saturated rings. The van der Waals surface area contributed by atoms with Crippen molar-refractivity contribution in [3.63, 3.8) is 0 Å². The highest BCUT2D eigenvalue weighted by Crippen LogP contribution is 2.23. The number of benzene rings is 2. The number of hydrogen-bond donors (Lipinski definition) is 1. The van der Waals surface area contributed by atoms with Crippen LogP contribution in [-0.2, 0) is 11.2 Å². The number of rotatable bonds is 7. The van der Waals surface area contributed by atoms with E-state index in [2.05, 4.69) is 48.6 Å². The topological polar surface area (TPSA) is 93.8 Å². The molecule has 7 nitrogen and oxygen atoms in total. The Balaban J connectivity index is 1.98. The van der Waals surface area contributed by atoms with Crippen molar-refractivity contribution >= 4 is 61.6 Å². The Labute approximate surface area is 195 Å². The lowest BCUT2D eigenvalue weighted by Crippen LogP contribution is -2.23. The molecule has 0 saturated heterocycles. The number of nitrogens with zero attached hydrogens (tertiary/aromatic N) is 3. The summed E-state index contributed by atoms with van der Waals surface area (Å²) in [6, 6.07) is 10.7. The maximum absolute atomic E-state index is 13.0. The minimum absolute atomic E-state index is 0.231. The van der Waals surface area contributed by atoms with Crippen LogP contribution in [0.4, 0.5) is 0 Å². The van der Waals surface area contributed by atoms with Gasteiger partial charge in [-0.25, -0.2) is 9.78 Å². The van der Waals surface area contributed by atoms with E-state index in [1.165, 1.54) is 11.6 Å². The highest BCUT2D eigenvalue weighted by molar-refractivity contribution is 14.1. The van der Waals surface area contributed by atoms with Crippen molar-refractivity contribution in [2.45, 2.75) is 32.8 Å². The first-order chi connectivity index (χ1) is 14.3. The Bertz CT molecular complexity index is 1190. The van der Waals surface area contributed by atoms with Crippen molar-refractivity contribution in [3.05, 3.63) is 66.2 Å². The largest absolute Gasteiger partial charge is 0.479 e. The number of hydrogen-bond acceptors (Lipinski definition) is 5. The first kappa shape index (κ1) is 22.4. The molecule has 1 heterocycles. The molecular weight excluding hydrogens is 565 g/mol. The molecule has 0 spiro atoms. The van der Waals surface area contributed by atoms with Gasteiger partial charge in [0.25, 0.3) is 5.56 Å². The van der Waals surface area contributed by atoms with E-state index in [1.54, 1.807) is 24.4 Å². The predicted octanol–water partition coefficient (Wildman–Crippen LogP) is 4.45. The predicted molar refractivity (Wildman–Crippen MR) is 128 cm³/mol. The molecule has 0 radical (unpaired) electrons. The number of aliphatic carboxylic acids is 1. The van der Waals surface area contributed by atoms with Crippen LogP contribution in [0, 0.1) is 3.57 Å². The molecule has 0 aliphatic heterocycles. The van der Waals surface area contributed by atoms with Crippen molar-refractivity contribution in [2.24, 2.45) is 5.10 Å². The van der Waals surface area contributed by atoms with Crippen LogP contribution in [-0.4, -0.2) is 33.1 Å². The molecule has 30 heavy (non-hydrogen) atoms. The Morgan fingerprint density at radius 2 is 2.13 bits per heavy atom. The molecule has 1 N–H and O–H groups in total. The van der Waals surface area contributed by atoms with E-state index in [0.717, 1.165) is 20.0 Å². The number of fused-ring (bicyclic) bond motifs is 1. The maximum Gasteiger partial charge on any atom is 0.344 e. The summed E-state index contributed by atoms with van der Waals surface area (Å²) in [5.74, 6) is 0.0388. The summed E-state index contributed by atoms with van der Waals surface area (Å²) in [5, 5.41) is 13.9. The van der Waals surface area contributed by atoms with Crippen LogP contribution in [0.1, 0.15) is 31.7 Å².